The van der Waals surface area contributed by atoms with Crippen LogP contribution in [0.1, 0.15) is 29.7 Å². The van der Waals surface area contributed by atoms with Crippen LogP contribution in [0.25, 0.3) is 11.2 Å². The third-order valence-electron chi connectivity index (χ3n) is 9.73. The number of nitrogens with one attached hydrogen (secondary N) is 1. The lowest BCUT2D eigenvalue weighted by Gasteiger charge is -2.35. The molecule has 0 aliphatic carbocycles. The summed E-state index contributed by atoms with van der Waals surface area (Å²) in [7, 11) is 0. The van der Waals surface area contributed by atoms with Gasteiger partial charge >= 0.3 is 0 Å². The fraction of sp³-hybridized carbons (Fsp3) is 0.343. The highest BCUT2D eigenvalue weighted by Gasteiger charge is 2.46. The monoisotopic (exact) mass is 637 g/mol. The van der Waals surface area contributed by atoms with Crippen LogP contribution in [-0.4, -0.2) is 91.5 Å². The lowest BCUT2D eigenvalue weighted by molar-refractivity contribution is -0.0511. The minimum Gasteiger partial charge on any atom is -0.394 e. The Morgan fingerprint density at radius 1 is 0.851 bits per heavy atom. The van der Waals surface area contributed by atoms with Gasteiger partial charge in [0.15, 0.2) is 23.2 Å². The highest BCUT2D eigenvalue weighted by atomic mass is 19.1. The van der Waals surface area contributed by atoms with Gasteiger partial charge in [-0.25, -0.2) is 9.37 Å². The van der Waals surface area contributed by atoms with Crippen molar-refractivity contribution in [2.24, 2.45) is 0 Å². The van der Waals surface area contributed by atoms with Gasteiger partial charge in [0.1, 0.15) is 24.1 Å². The van der Waals surface area contributed by atoms with Crippen molar-refractivity contribution >= 4 is 28.6 Å². The number of aliphatic hydroxyl groups excluding tert-OH is 3. The molecule has 3 saturated heterocycles. The smallest absolute Gasteiger partial charge is 0.229 e. The van der Waals surface area contributed by atoms with Gasteiger partial charge in [0, 0.05) is 37.3 Å². The summed E-state index contributed by atoms with van der Waals surface area (Å²) < 4.78 is 21.1. The molecule has 0 unspecified atom stereocenters. The predicted octanol–water partition coefficient (Wildman–Crippen LogP) is 3.29. The second-order valence-electron chi connectivity index (χ2n) is 12.5. The number of anilines is 3. The maximum absolute atomic E-state index is 13.6. The normalized spacial score (nSPS) is 25.4. The van der Waals surface area contributed by atoms with E-state index in [0.717, 1.165) is 29.8 Å². The number of piperazine rings is 1. The number of imidazole rings is 1. The van der Waals surface area contributed by atoms with Crippen LogP contribution in [0, 0.1) is 5.82 Å². The Kier molecular flexibility index (Phi) is 7.72. The Morgan fingerprint density at radius 3 is 2.13 bits per heavy atom. The van der Waals surface area contributed by atoms with Crippen LogP contribution in [0.3, 0.4) is 0 Å². The number of fused-ring (bicyclic) bond motifs is 3. The molecule has 5 heterocycles. The van der Waals surface area contributed by atoms with Gasteiger partial charge in [0.2, 0.25) is 5.95 Å². The van der Waals surface area contributed by atoms with Crippen LogP contribution < -0.4 is 15.1 Å². The molecule has 6 atom stereocenters. The van der Waals surface area contributed by atoms with E-state index >= 15 is 0 Å². The lowest BCUT2D eigenvalue weighted by atomic mass is 9.91. The summed E-state index contributed by atoms with van der Waals surface area (Å²) in [4.78, 5) is 19.2. The summed E-state index contributed by atoms with van der Waals surface area (Å²) in [5, 5.41) is 34.7. The second kappa shape index (κ2) is 12.2. The number of aromatic nitrogens is 4. The summed E-state index contributed by atoms with van der Waals surface area (Å²) in [6.07, 6.45) is -2.02. The van der Waals surface area contributed by atoms with E-state index in [4.69, 9.17) is 14.7 Å². The number of aliphatic hydroxyl groups is 3. The summed E-state index contributed by atoms with van der Waals surface area (Å²) in [6.45, 7) is 1.53. The van der Waals surface area contributed by atoms with Crippen molar-refractivity contribution in [2.45, 2.75) is 49.0 Å². The number of hydrogen-bond acceptors (Lipinski definition) is 10. The van der Waals surface area contributed by atoms with E-state index in [-0.39, 0.29) is 23.8 Å². The lowest BCUT2D eigenvalue weighted by Crippen LogP contribution is -2.47. The molecule has 3 aliphatic heterocycles. The molecular formula is C35H36FN7O4. The van der Waals surface area contributed by atoms with E-state index in [1.165, 1.54) is 18.5 Å². The molecule has 0 radical (unpaired) electrons. The van der Waals surface area contributed by atoms with Crippen molar-refractivity contribution in [1.82, 2.24) is 19.5 Å². The first-order chi connectivity index (χ1) is 23.0. The minimum atomic E-state index is -1.29. The van der Waals surface area contributed by atoms with E-state index in [1.807, 2.05) is 48.5 Å². The van der Waals surface area contributed by atoms with E-state index in [1.54, 1.807) is 4.57 Å². The number of hydrogen-bond donors (Lipinski definition) is 4. The molecule has 12 heteroatoms. The van der Waals surface area contributed by atoms with Crippen molar-refractivity contribution in [2.75, 3.05) is 41.4 Å². The van der Waals surface area contributed by atoms with Crippen LogP contribution >= 0.6 is 0 Å². The van der Waals surface area contributed by atoms with Gasteiger partial charge in [-0.1, -0.05) is 60.7 Å². The summed E-state index contributed by atoms with van der Waals surface area (Å²) in [5.74, 6) is 0.843. The standard InChI is InChI=1S/C35H36FN7O4/c36-23-11-13-24(14-12-23)41-17-26-15-25(41)18-42(26)35-39-32(37-16-27(21-7-3-1-4-8-21)22-9-5-2-6-10-22)29-33(40-35)43(20-38-29)34-31(46)30(45)28(19-44)47-34/h1-14,20,25-28,30-31,34,44-46H,15-19H2,(H,37,39,40)/t25-,26-,28+,30+,31+,34+/m0/s1. The summed E-state index contributed by atoms with van der Waals surface area (Å²) in [6, 6.07) is 27.6. The van der Waals surface area contributed by atoms with Crippen LogP contribution in [-0.2, 0) is 4.74 Å². The zero-order valence-corrected chi connectivity index (χ0v) is 25.5. The molecule has 3 aromatic carbocycles. The van der Waals surface area contributed by atoms with E-state index in [0.29, 0.717) is 36.0 Å². The van der Waals surface area contributed by atoms with Gasteiger partial charge in [-0.2, -0.15) is 9.97 Å². The minimum absolute atomic E-state index is 0.0282. The van der Waals surface area contributed by atoms with Gasteiger partial charge in [0.25, 0.3) is 0 Å². The van der Waals surface area contributed by atoms with Crippen molar-refractivity contribution in [3.05, 3.63) is 108 Å². The van der Waals surface area contributed by atoms with Gasteiger partial charge < -0.3 is 35.2 Å². The second-order valence-corrected chi connectivity index (χ2v) is 12.5. The first-order valence-corrected chi connectivity index (χ1v) is 16.0. The molecule has 0 amide bonds. The molecule has 8 rings (SSSR count). The van der Waals surface area contributed by atoms with Crippen LogP contribution in [0.2, 0.25) is 0 Å². The molecule has 0 spiro atoms. The molecule has 3 fully saturated rings. The molecule has 0 saturated carbocycles. The third-order valence-corrected chi connectivity index (χ3v) is 9.73. The number of nitrogens with zero attached hydrogens (tertiary/aromatic N) is 6. The largest absolute Gasteiger partial charge is 0.394 e. The fourth-order valence-corrected chi connectivity index (χ4v) is 7.31. The number of ether oxygens (including phenoxy) is 1. The van der Waals surface area contributed by atoms with Crippen molar-refractivity contribution in [1.29, 1.82) is 0 Å². The number of halogens is 1. The average Bonchev–Trinajstić information content (AvgIpc) is 3.89. The van der Waals surface area contributed by atoms with E-state index < -0.39 is 31.1 Å². The first-order valence-electron chi connectivity index (χ1n) is 16.0. The number of rotatable bonds is 9. The predicted molar refractivity (Wildman–Crippen MR) is 175 cm³/mol. The van der Waals surface area contributed by atoms with Gasteiger partial charge in [-0.15, -0.1) is 0 Å². The van der Waals surface area contributed by atoms with Gasteiger partial charge in [-0.3, -0.25) is 4.57 Å². The number of benzene rings is 3. The molecule has 2 bridgehead atoms. The quantitative estimate of drug-likeness (QED) is 0.191. The third kappa shape index (κ3) is 5.36. The maximum atomic E-state index is 13.6. The molecule has 47 heavy (non-hydrogen) atoms. The van der Waals surface area contributed by atoms with Gasteiger partial charge in [-0.05, 0) is 41.8 Å². The average molecular weight is 638 g/mol. The molecule has 11 nitrogen and oxygen atoms in total. The molecule has 3 aliphatic rings. The molecular weight excluding hydrogens is 601 g/mol. The Hall–Kier alpha value is -4.62. The molecule has 2 aromatic heterocycles. The van der Waals surface area contributed by atoms with E-state index in [2.05, 4.69) is 44.4 Å². The molecule has 242 valence electrons. The highest BCUT2D eigenvalue weighted by molar-refractivity contribution is 5.84. The summed E-state index contributed by atoms with van der Waals surface area (Å²) >= 11 is 0. The topological polar surface area (TPSA) is 132 Å². The van der Waals surface area contributed by atoms with Crippen molar-refractivity contribution < 1.29 is 24.4 Å². The van der Waals surface area contributed by atoms with E-state index in [9.17, 15) is 19.7 Å². The first kappa shape index (κ1) is 29.8. The summed E-state index contributed by atoms with van der Waals surface area (Å²) in [5.41, 5.74) is 4.26. The molecule has 5 aromatic rings. The SMILES string of the molecule is OC[C@H]1O[C@@H](n2cnc3c(NCC(c4ccccc4)c4ccccc4)nc(N4C[C@@H]5C[C@H]4CN5c4ccc(F)cc4)nc32)[C@H](O)[C@@H]1O. The highest BCUT2D eigenvalue weighted by Crippen LogP contribution is 2.39. The Bertz CT molecular complexity index is 1800. The van der Waals surface area contributed by atoms with Crippen LogP contribution in [0.15, 0.2) is 91.3 Å². The zero-order valence-electron chi connectivity index (χ0n) is 25.5. The maximum Gasteiger partial charge on any atom is 0.229 e. The Labute approximate surface area is 270 Å². The Morgan fingerprint density at radius 2 is 1.51 bits per heavy atom. The zero-order chi connectivity index (χ0) is 32.1. The van der Waals surface area contributed by atoms with Crippen molar-refractivity contribution in [3.8, 4) is 0 Å². The Balaban J connectivity index is 1.15. The van der Waals surface area contributed by atoms with Crippen LogP contribution in [0.4, 0.5) is 21.8 Å². The van der Waals surface area contributed by atoms with Gasteiger partial charge in [0.05, 0.1) is 19.0 Å². The molecule has 4 N–H and O–H groups in total. The van der Waals surface area contributed by atoms with Crippen molar-refractivity contribution in [3.63, 3.8) is 0 Å². The fourth-order valence-electron chi connectivity index (χ4n) is 7.31. The van der Waals surface area contributed by atoms with Crippen LogP contribution in [0.5, 0.6) is 0 Å².